The number of hydrazine groups is 1. The zero-order valence-electron chi connectivity index (χ0n) is 7.76. The molecule has 0 aromatic heterocycles. The van der Waals surface area contributed by atoms with Gasteiger partial charge in [0.2, 0.25) is 5.91 Å². The summed E-state index contributed by atoms with van der Waals surface area (Å²) < 4.78 is 0. The van der Waals surface area contributed by atoms with Crippen LogP contribution < -0.4 is 10.4 Å². The van der Waals surface area contributed by atoms with Crippen molar-refractivity contribution in [3.8, 4) is 0 Å². The Labute approximate surface area is 106 Å². The van der Waals surface area contributed by atoms with Gasteiger partial charge < -0.3 is 0 Å². The Morgan fingerprint density at radius 3 is 2.12 bits per heavy atom. The lowest BCUT2D eigenvalue weighted by Crippen LogP contribution is -2.36. The van der Waals surface area contributed by atoms with E-state index in [1.54, 1.807) is 0 Å². The van der Waals surface area contributed by atoms with Gasteiger partial charge in [0.05, 0.1) is 10.0 Å². The van der Waals surface area contributed by atoms with E-state index in [0.29, 0.717) is 5.02 Å². The Morgan fingerprint density at radius 2 is 1.69 bits per heavy atom. The number of hydrogen-bond donors (Lipinski definition) is 1. The third-order valence-corrected chi connectivity index (χ3v) is 2.80. The molecule has 1 N–H and O–H groups in total. The first-order valence-electron chi connectivity index (χ1n) is 4.26. The fourth-order valence-electron chi connectivity index (χ4n) is 1.37. The topological polar surface area (TPSA) is 49.4 Å². The van der Waals surface area contributed by atoms with Crippen molar-refractivity contribution < 1.29 is 9.59 Å². The molecule has 1 aliphatic rings. The van der Waals surface area contributed by atoms with Crippen molar-refractivity contribution in [3.63, 3.8) is 0 Å². The molecule has 1 fully saturated rings. The second kappa shape index (κ2) is 4.13. The predicted octanol–water partition coefficient (Wildman–Crippen LogP) is 2.41. The molecule has 2 rings (SSSR count). The molecule has 0 unspecified atom stereocenters. The molecule has 0 saturated carbocycles. The normalized spacial score (nSPS) is 15.6. The zero-order valence-corrected chi connectivity index (χ0v) is 10.0. The van der Waals surface area contributed by atoms with E-state index in [4.69, 9.17) is 34.8 Å². The summed E-state index contributed by atoms with van der Waals surface area (Å²) in [5.74, 6) is -0.803. The molecule has 4 nitrogen and oxygen atoms in total. The average molecular weight is 280 g/mol. The highest BCUT2D eigenvalue weighted by Gasteiger charge is 2.31. The van der Waals surface area contributed by atoms with Crippen molar-refractivity contribution in [2.24, 2.45) is 0 Å². The van der Waals surface area contributed by atoms with Gasteiger partial charge in [-0.3, -0.25) is 15.0 Å². The fourth-order valence-corrected chi connectivity index (χ4v) is 2.36. The molecule has 1 aromatic rings. The Kier molecular flexibility index (Phi) is 2.97. The number of benzene rings is 1. The summed E-state index contributed by atoms with van der Waals surface area (Å²) in [6.07, 6.45) is -0.213. The van der Waals surface area contributed by atoms with E-state index >= 15 is 0 Å². The Bertz CT molecular complexity index is 467. The van der Waals surface area contributed by atoms with Crippen LogP contribution in [0.1, 0.15) is 6.42 Å². The maximum atomic E-state index is 11.5. The largest absolute Gasteiger partial charge is 0.273 e. The molecule has 1 aliphatic heterocycles. The van der Waals surface area contributed by atoms with Crippen LogP contribution in [0.15, 0.2) is 12.1 Å². The highest BCUT2D eigenvalue weighted by Crippen LogP contribution is 2.36. The standard InChI is InChI=1S/C9H5Cl3N2O2/c10-4-1-5(11)9(6(12)2-4)14-8(16)3-7(15)13-14/h1-2H,3H2,(H,13,15). The summed E-state index contributed by atoms with van der Waals surface area (Å²) in [4.78, 5) is 22.5. The van der Waals surface area contributed by atoms with Crippen LogP contribution in [0.4, 0.5) is 5.69 Å². The number of anilines is 1. The number of amides is 2. The van der Waals surface area contributed by atoms with Crippen LogP contribution in [0.25, 0.3) is 0 Å². The number of rotatable bonds is 1. The lowest BCUT2D eigenvalue weighted by atomic mass is 10.3. The summed E-state index contributed by atoms with van der Waals surface area (Å²) >= 11 is 17.6. The van der Waals surface area contributed by atoms with Gasteiger partial charge in [0.15, 0.2) is 0 Å². The zero-order chi connectivity index (χ0) is 11.9. The lowest BCUT2D eigenvalue weighted by Gasteiger charge is -2.18. The number of carbonyl (C=O) groups is 2. The minimum atomic E-state index is -0.406. The van der Waals surface area contributed by atoms with Crippen LogP contribution in [0.3, 0.4) is 0 Å². The molecule has 16 heavy (non-hydrogen) atoms. The van der Waals surface area contributed by atoms with E-state index in [-0.39, 0.29) is 22.2 Å². The molecular formula is C9H5Cl3N2O2. The van der Waals surface area contributed by atoms with Crippen LogP contribution in [-0.4, -0.2) is 11.8 Å². The molecule has 1 saturated heterocycles. The maximum Gasteiger partial charge on any atom is 0.255 e. The lowest BCUT2D eigenvalue weighted by molar-refractivity contribution is -0.122. The summed E-state index contributed by atoms with van der Waals surface area (Å²) in [5.41, 5.74) is 2.59. The van der Waals surface area contributed by atoms with Crippen LogP contribution in [0.5, 0.6) is 0 Å². The van der Waals surface area contributed by atoms with E-state index in [0.717, 1.165) is 5.01 Å². The smallest absolute Gasteiger partial charge is 0.255 e. The minimum absolute atomic E-state index is 0.202. The average Bonchev–Trinajstić information content (AvgIpc) is 2.43. The number of carbonyl (C=O) groups excluding carboxylic acids is 2. The minimum Gasteiger partial charge on any atom is -0.273 e. The van der Waals surface area contributed by atoms with E-state index in [1.807, 2.05) is 0 Å². The van der Waals surface area contributed by atoms with Gasteiger partial charge in [-0.1, -0.05) is 34.8 Å². The van der Waals surface area contributed by atoms with Crippen LogP contribution >= 0.6 is 34.8 Å². The first-order valence-corrected chi connectivity index (χ1v) is 5.39. The van der Waals surface area contributed by atoms with Crippen molar-refractivity contribution in [1.29, 1.82) is 0 Å². The molecular weight excluding hydrogens is 274 g/mol. The van der Waals surface area contributed by atoms with E-state index in [9.17, 15) is 9.59 Å². The first-order chi connectivity index (χ1) is 7.49. The van der Waals surface area contributed by atoms with Gasteiger partial charge in [-0.2, -0.15) is 0 Å². The Hall–Kier alpha value is -0.970. The van der Waals surface area contributed by atoms with Crippen molar-refractivity contribution in [2.75, 3.05) is 5.01 Å². The highest BCUT2D eigenvalue weighted by atomic mass is 35.5. The van der Waals surface area contributed by atoms with Crippen molar-refractivity contribution in [3.05, 3.63) is 27.2 Å². The third-order valence-electron chi connectivity index (χ3n) is 2.00. The van der Waals surface area contributed by atoms with Crippen LogP contribution in [0, 0.1) is 0 Å². The maximum absolute atomic E-state index is 11.5. The molecule has 2 amide bonds. The monoisotopic (exact) mass is 278 g/mol. The van der Waals surface area contributed by atoms with Gasteiger partial charge >= 0.3 is 0 Å². The second-order valence-corrected chi connectivity index (χ2v) is 4.41. The molecule has 1 heterocycles. The Morgan fingerprint density at radius 1 is 1.12 bits per heavy atom. The van der Waals surface area contributed by atoms with Crippen LogP contribution in [0.2, 0.25) is 15.1 Å². The summed E-state index contributed by atoms with van der Waals surface area (Å²) in [7, 11) is 0. The van der Waals surface area contributed by atoms with Gasteiger partial charge in [0, 0.05) is 5.02 Å². The van der Waals surface area contributed by atoms with E-state index in [1.165, 1.54) is 12.1 Å². The number of nitrogens with zero attached hydrogens (tertiary/aromatic N) is 1. The second-order valence-electron chi connectivity index (χ2n) is 3.16. The van der Waals surface area contributed by atoms with Gasteiger partial charge in [-0.05, 0) is 12.1 Å². The molecule has 0 spiro atoms. The molecule has 0 atom stereocenters. The molecule has 0 bridgehead atoms. The van der Waals surface area contributed by atoms with E-state index in [2.05, 4.69) is 5.43 Å². The predicted molar refractivity (Wildman–Crippen MR) is 61.7 cm³/mol. The SMILES string of the molecule is O=C1CC(=O)N(c2c(Cl)cc(Cl)cc2Cl)N1. The van der Waals surface area contributed by atoms with E-state index < -0.39 is 11.8 Å². The number of hydrogen-bond acceptors (Lipinski definition) is 2. The molecule has 7 heteroatoms. The molecule has 84 valence electrons. The Balaban J connectivity index is 2.48. The van der Waals surface area contributed by atoms with Crippen molar-refractivity contribution in [1.82, 2.24) is 5.43 Å². The summed E-state index contributed by atoms with van der Waals surface area (Å²) in [6.45, 7) is 0. The van der Waals surface area contributed by atoms with Gasteiger partial charge in [-0.15, -0.1) is 0 Å². The number of halogens is 3. The number of nitrogens with one attached hydrogen (secondary N) is 1. The highest BCUT2D eigenvalue weighted by molar-refractivity contribution is 6.42. The molecule has 0 aliphatic carbocycles. The van der Waals surface area contributed by atoms with Gasteiger partial charge in [0.25, 0.3) is 5.91 Å². The van der Waals surface area contributed by atoms with Gasteiger partial charge in [0.1, 0.15) is 12.1 Å². The summed E-state index contributed by atoms with van der Waals surface area (Å²) in [6, 6.07) is 2.89. The van der Waals surface area contributed by atoms with Crippen molar-refractivity contribution in [2.45, 2.75) is 6.42 Å². The third kappa shape index (κ3) is 1.96. The fraction of sp³-hybridized carbons (Fsp3) is 0.111. The quantitative estimate of drug-likeness (QED) is 0.803. The first kappa shape index (κ1) is 11.5. The summed E-state index contributed by atoms with van der Waals surface area (Å²) in [5, 5.41) is 1.79. The molecule has 0 radical (unpaired) electrons. The van der Waals surface area contributed by atoms with Crippen molar-refractivity contribution >= 4 is 52.3 Å². The van der Waals surface area contributed by atoms with Gasteiger partial charge in [-0.25, -0.2) is 5.01 Å². The molecule has 1 aromatic carbocycles. The van der Waals surface area contributed by atoms with Crippen LogP contribution in [-0.2, 0) is 9.59 Å².